The molecule has 1 unspecified atom stereocenters. The zero-order chi connectivity index (χ0) is 23.6. The lowest BCUT2D eigenvalue weighted by atomic mass is 9.86. The maximum Gasteiger partial charge on any atom is 0.336 e. The van der Waals surface area contributed by atoms with Crippen molar-refractivity contribution in [3.05, 3.63) is 63.9 Å². The Morgan fingerprint density at radius 3 is 2.44 bits per heavy atom. The maximum absolute atomic E-state index is 12.5. The Kier molecular flexibility index (Phi) is 4.45. The normalized spacial score (nSPS) is 15.6. The van der Waals surface area contributed by atoms with Crippen molar-refractivity contribution >= 4 is 38.9 Å². The fourth-order valence-electron chi connectivity index (χ4n) is 4.86. The van der Waals surface area contributed by atoms with Crippen molar-refractivity contribution in [1.82, 2.24) is 0 Å². The summed E-state index contributed by atoms with van der Waals surface area (Å²) in [7, 11) is 3.08. The van der Waals surface area contributed by atoms with Crippen molar-refractivity contribution in [2.75, 3.05) is 14.2 Å². The minimum Gasteiger partial charge on any atom is -0.493 e. The monoisotopic (exact) mass is 460 g/mol. The van der Waals surface area contributed by atoms with E-state index in [-0.39, 0.29) is 18.3 Å². The van der Waals surface area contributed by atoms with Gasteiger partial charge < -0.3 is 27.5 Å². The van der Waals surface area contributed by atoms with E-state index >= 15 is 0 Å². The number of furan rings is 2. The van der Waals surface area contributed by atoms with Crippen LogP contribution in [-0.2, 0) is 11.2 Å². The first-order chi connectivity index (χ1) is 16.4. The lowest BCUT2D eigenvalue weighted by Gasteiger charge is -2.25. The number of carbonyl (C=O) groups is 1. The number of fused-ring (bicyclic) bond motifs is 6. The van der Waals surface area contributed by atoms with Crippen LogP contribution in [0.5, 0.6) is 17.2 Å². The smallest absolute Gasteiger partial charge is 0.336 e. The summed E-state index contributed by atoms with van der Waals surface area (Å²) in [6.07, 6.45) is 0.645. The Morgan fingerprint density at radius 2 is 1.65 bits per heavy atom. The molecular weight excluding hydrogens is 440 g/mol. The average Bonchev–Trinajstić information content (AvgIpc) is 3.40. The Bertz CT molecular complexity index is 1670. The third-order valence-corrected chi connectivity index (χ3v) is 6.25. The van der Waals surface area contributed by atoms with Gasteiger partial charge in [0.25, 0.3) is 0 Å². The van der Waals surface area contributed by atoms with Gasteiger partial charge in [0, 0.05) is 52.3 Å². The summed E-state index contributed by atoms with van der Waals surface area (Å²) in [5.74, 6) is 2.33. The van der Waals surface area contributed by atoms with Crippen molar-refractivity contribution in [3.8, 4) is 17.2 Å². The minimum absolute atomic E-state index is 0.197. The van der Waals surface area contributed by atoms with Crippen LogP contribution in [0, 0.1) is 6.92 Å². The number of rotatable bonds is 4. The Labute approximate surface area is 192 Å². The standard InChI is InChI=1S/C26H20O8/c1-12-6-17-24-13(8-23(28)34-19(24)11-21(30-3)26(17)31-12)7-14-9-16-15-4-5-22(27)33-18(15)10-20(29-2)25(16)32-14/h4-6,9-11,13H,7-8H2,1-3H3. The van der Waals surface area contributed by atoms with E-state index in [0.717, 1.165) is 27.5 Å². The molecule has 0 amide bonds. The molecule has 5 aromatic rings. The van der Waals surface area contributed by atoms with Gasteiger partial charge in [-0.05, 0) is 25.1 Å². The molecule has 0 N–H and O–H groups in total. The predicted molar refractivity (Wildman–Crippen MR) is 123 cm³/mol. The summed E-state index contributed by atoms with van der Waals surface area (Å²) in [6, 6.07) is 10.3. The second kappa shape index (κ2) is 7.41. The molecule has 0 radical (unpaired) electrons. The van der Waals surface area contributed by atoms with Gasteiger partial charge in [-0.3, -0.25) is 4.79 Å². The second-order valence-electron chi connectivity index (χ2n) is 8.37. The van der Waals surface area contributed by atoms with Crippen LogP contribution in [0.3, 0.4) is 0 Å². The molecule has 8 nitrogen and oxygen atoms in total. The van der Waals surface area contributed by atoms with E-state index in [1.807, 2.05) is 19.1 Å². The Balaban J connectivity index is 1.51. The van der Waals surface area contributed by atoms with Crippen LogP contribution >= 0.6 is 0 Å². The van der Waals surface area contributed by atoms with E-state index in [0.29, 0.717) is 46.2 Å². The molecule has 172 valence electrons. The summed E-state index contributed by atoms with van der Waals surface area (Å²) in [4.78, 5) is 24.2. The van der Waals surface area contributed by atoms with Gasteiger partial charge in [0.1, 0.15) is 22.9 Å². The molecule has 3 aromatic heterocycles. The van der Waals surface area contributed by atoms with Gasteiger partial charge in [0.15, 0.2) is 22.7 Å². The molecule has 1 aliphatic heterocycles. The molecule has 1 aliphatic rings. The number of ether oxygens (including phenoxy) is 3. The van der Waals surface area contributed by atoms with E-state index in [2.05, 4.69) is 0 Å². The summed E-state index contributed by atoms with van der Waals surface area (Å²) >= 11 is 0. The van der Waals surface area contributed by atoms with E-state index in [4.69, 9.17) is 27.5 Å². The highest BCUT2D eigenvalue weighted by Crippen LogP contribution is 2.46. The third kappa shape index (κ3) is 3.06. The molecule has 6 rings (SSSR count). The molecule has 0 fully saturated rings. The van der Waals surface area contributed by atoms with Crippen molar-refractivity contribution < 1.29 is 32.3 Å². The van der Waals surface area contributed by atoms with Gasteiger partial charge in [-0.1, -0.05) is 0 Å². The fourth-order valence-corrected chi connectivity index (χ4v) is 4.86. The van der Waals surface area contributed by atoms with Crippen LogP contribution in [0.25, 0.3) is 32.9 Å². The summed E-state index contributed by atoms with van der Waals surface area (Å²) in [6.45, 7) is 1.87. The molecule has 0 aliphatic carbocycles. The fraction of sp³-hybridized carbons (Fsp3) is 0.231. The predicted octanol–water partition coefficient (Wildman–Crippen LogP) is 5.25. The van der Waals surface area contributed by atoms with Gasteiger partial charge in [-0.2, -0.15) is 0 Å². The summed E-state index contributed by atoms with van der Waals surface area (Å²) in [5, 5.41) is 2.36. The molecule has 8 heteroatoms. The molecule has 1 atom stereocenters. The summed E-state index contributed by atoms with van der Waals surface area (Å²) < 4.78 is 33.9. The first-order valence-corrected chi connectivity index (χ1v) is 10.8. The van der Waals surface area contributed by atoms with Crippen LogP contribution in [0.4, 0.5) is 0 Å². The van der Waals surface area contributed by atoms with Crippen LogP contribution in [-0.4, -0.2) is 20.2 Å². The Hall–Kier alpha value is -4.20. The highest BCUT2D eigenvalue weighted by molar-refractivity contribution is 6.06. The molecular formula is C26H20O8. The van der Waals surface area contributed by atoms with Gasteiger partial charge in [-0.25, -0.2) is 4.79 Å². The van der Waals surface area contributed by atoms with Crippen LogP contribution < -0.4 is 19.8 Å². The highest BCUT2D eigenvalue weighted by Gasteiger charge is 2.32. The number of benzene rings is 2. The van der Waals surface area contributed by atoms with E-state index in [1.165, 1.54) is 13.2 Å². The molecule has 0 spiro atoms. The molecule has 0 bridgehead atoms. The maximum atomic E-state index is 12.5. The van der Waals surface area contributed by atoms with Crippen molar-refractivity contribution in [2.24, 2.45) is 0 Å². The summed E-state index contributed by atoms with van der Waals surface area (Å²) in [5.41, 5.74) is 2.03. The minimum atomic E-state index is -0.440. The quantitative estimate of drug-likeness (QED) is 0.204. The Morgan fingerprint density at radius 1 is 0.882 bits per heavy atom. The first-order valence-electron chi connectivity index (χ1n) is 10.8. The zero-order valence-electron chi connectivity index (χ0n) is 18.7. The number of hydrogen-bond donors (Lipinski definition) is 0. The van der Waals surface area contributed by atoms with Crippen molar-refractivity contribution in [2.45, 2.75) is 25.7 Å². The molecule has 4 heterocycles. The van der Waals surface area contributed by atoms with Crippen molar-refractivity contribution in [3.63, 3.8) is 0 Å². The van der Waals surface area contributed by atoms with Crippen molar-refractivity contribution in [1.29, 1.82) is 0 Å². The lowest BCUT2D eigenvalue weighted by Crippen LogP contribution is -2.21. The van der Waals surface area contributed by atoms with Crippen LogP contribution in [0.1, 0.15) is 29.4 Å². The molecule has 0 saturated carbocycles. The molecule has 2 aromatic carbocycles. The zero-order valence-corrected chi connectivity index (χ0v) is 18.7. The second-order valence-corrected chi connectivity index (χ2v) is 8.37. The lowest BCUT2D eigenvalue weighted by molar-refractivity contribution is -0.135. The number of hydrogen-bond acceptors (Lipinski definition) is 8. The van der Waals surface area contributed by atoms with Crippen LogP contribution in [0.15, 0.2) is 54.4 Å². The van der Waals surface area contributed by atoms with E-state index in [9.17, 15) is 9.59 Å². The van der Waals surface area contributed by atoms with E-state index < -0.39 is 5.63 Å². The number of carbonyl (C=O) groups excluding carboxylic acids is 1. The topological polar surface area (TPSA) is 101 Å². The molecule has 34 heavy (non-hydrogen) atoms. The van der Waals surface area contributed by atoms with E-state index in [1.54, 1.807) is 25.3 Å². The SMILES string of the molecule is COc1cc2c(c3cc(C)oc13)C(Cc1cc3c(o1)c(OC)cc1oc(=O)ccc13)CC(=O)O2. The number of methoxy groups -OCH3 is 2. The molecule has 0 saturated heterocycles. The van der Waals surface area contributed by atoms with Gasteiger partial charge in [0.2, 0.25) is 0 Å². The highest BCUT2D eigenvalue weighted by atomic mass is 16.5. The first kappa shape index (κ1) is 20.4. The van der Waals surface area contributed by atoms with Gasteiger partial charge in [0.05, 0.1) is 20.6 Å². The average molecular weight is 460 g/mol. The van der Waals surface area contributed by atoms with Crippen LogP contribution in [0.2, 0.25) is 0 Å². The largest absolute Gasteiger partial charge is 0.493 e. The number of esters is 1. The van der Waals surface area contributed by atoms with Gasteiger partial charge in [-0.15, -0.1) is 0 Å². The number of aryl methyl sites for hydroxylation is 1. The third-order valence-electron chi connectivity index (χ3n) is 6.25. The van der Waals surface area contributed by atoms with Gasteiger partial charge >= 0.3 is 11.6 Å².